The summed E-state index contributed by atoms with van der Waals surface area (Å²) in [5.41, 5.74) is 1.15. The fourth-order valence-electron chi connectivity index (χ4n) is 1.20. The molecule has 3 heteroatoms. The van der Waals surface area contributed by atoms with E-state index in [1.807, 2.05) is 13.8 Å². The van der Waals surface area contributed by atoms with Gasteiger partial charge in [-0.2, -0.15) is 0 Å². The van der Waals surface area contributed by atoms with E-state index in [4.69, 9.17) is 4.74 Å². The molecule has 0 bridgehead atoms. The lowest BCUT2D eigenvalue weighted by molar-refractivity contribution is 0.0870. The van der Waals surface area contributed by atoms with Crippen LogP contribution >= 0.6 is 11.8 Å². The van der Waals surface area contributed by atoms with E-state index in [0.29, 0.717) is 6.10 Å². The molecule has 0 saturated carbocycles. The van der Waals surface area contributed by atoms with Gasteiger partial charge < -0.3 is 10.1 Å². The van der Waals surface area contributed by atoms with Gasteiger partial charge >= 0.3 is 0 Å². The molecule has 0 atom stereocenters. The number of nitrogens with one attached hydrogen (secondary N) is 1. The van der Waals surface area contributed by atoms with Crippen molar-refractivity contribution < 1.29 is 4.74 Å². The summed E-state index contributed by atoms with van der Waals surface area (Å²) < 4.78 is 5.44. The van der Waals surface area contributed by atoms with Crippen molar-refractivity contribution in [2.24, 2.45) is 0 Å². The molecule has 1 rings (SSSR count). The Morgan fingerprint density at radius 2 is 1.93 bits per heavy atom. The molecule has 1 aromatic rings. The third kappa shape index (κ3) is 5.09. The molecule has 0 aromatic heterocycles. The van der Waals surface area contributed by atoms with E-state index in [1.165, 1.54) is 4.90 Å². The van der Waals surface area contributed by atoms with Crippen LogP contribution in [0, 0.1) is 0 Å². The maximum absolute atomic E-state index is 5.44. The van der Waals surface area contributed by atoms with Crippen LogP contribution in [0.3, 0.4) is 0 Å². The third-order valence-electron chi connectivity index (χ3n) is 1.97. The van der Waals surface area contributed by atoms with Crippen LogP contribution in [-0.2, 0) is 4.74 Å². The van der Waals surface area contributed by atoms with E-state index < -0.39 is 0 Å². The molecular formula is C12H19NOS. The van der Waals surface area contributed by atoms with Crippen LogP contribution in [0.15, 0.2) is 29.2 Å². The summed E-state index contributed by atoms with van der Waals surface area (Å²) in [4.78, 5) is 1.29. The Morgan fingerprint density at radius 1 is 1.27 bits per heavy atom. The highest BCUT2D eigenvalue weighted by Crippen LogP contribution is 2.17. The first-order valence-corrected chi connectivity index (χ1v) is 6.44. The Balaban J connectivity index is 2.25. The van der Waals surface area contributed by atoms with Crippen molar-refractivity contribution in [1.82, 2.24) is 0 Å². The SMILES string of the molecule is CSc1ccc(NCCOC(C)C)cc1. The Hall–Kier alpha value is -0.670. The quantitative estimate of drug-likeness (QED) is 0.593. The summed E-state index contributed by atoms with van der Waals surface area (Å²) >= 11 is 1.76. The Kier molecular flexibility index (Phi) is 5.58. The lowest BCUT2D eigenvalue weighted by Gasteiger charge is -2.09. The fourth-order valence-corrected chi connectivity index (χ4v) is 1.61. The van der Waals surface area contributed by atoms with Gasteiger partial charge in [0.1, 0.15) is 0 Å². The zero-order valence-corrected chi connectivity index (χ0v) is 10.4. The molecule has 0 aliphatic rings. The van der Waals surface area contributed by atoms with Crippen LogP contribution < -0.4 is 5.32 Å². The number of anilines is 1. The summed E-state index contributed by atoms with van der Waals surface area (Å²) in [5.74, 6) is 0. The van der Waals surface area contributed by atoms with Crippen LogP contribution in [0.2, 0.25) is 0 Å². The van der Waals surface area contributed by atoms with Gasteiger partial charge in [0, 0.05) is 17.1 Å². The van der Waals surface area contributed by atoms with E-state index in [2.05, 4.69) is 35.8 Å². The standard InChI is InChI=1S/C12H19NOS/c1-10(2)14-9-8-13-11-4-6-12(15-3)7-5-11/h4-7,10,13H,8-9H2,1-3H3. The zero-order valence-electron chi connectivity index (χ0n) is 9.62. The molecule has 0 fully saturated rings. The zero-order chi connectivity index (χ0) is 11.1. The van der Waals surface area contributed by atoms with Crippen LogP contribution in [0.4, 0.5) is 5.69 Å². The van der Waals surface area contributed by atoms with Crippen molar-refractivity contribution in [1.29, 1.82) is 0 Å². The maximum atomic E-state index is 5.44. The van der Waals surface area contributed by atoms with Crippen molar-refractivity contribution in [3.63, 3.8) is 0 Å². The van der Waals surface area contributed by atoms with Gasteiger partial charge in [0.05, 0.1) is 12.7 Å². The minimum absolute atomic E-state index is 0.311. The monoisotopic (exact) mass is 225 g/mol. The van der Waals surface area contributed by atoms with Crippen molar-refractivity contribution in [3.05, 3.63) is 24.3 Å². The number of thioether (sulfide) groups is 1. The van der Waals surface area contributed by atoms with Gasteiger partial charge in [-0.1, -0.05) is 0 Å². The summed E-state index contributed by atoms with van der Waals surface area (Å²) in [6.45, 7) is 5.71. The molecule has 0 aliphatic heterocycles. The minimum atomic E-state index is 0.311. The molecule has 15 heavy (non-hydrogen) atoms. The smallest absolute Gasteiger partial charge is 0.0642 e. The number of benzene rings is 1. The summed E-state index contributed by atoms with van der Waals surface area (Å²) in [6.07, 6.45) is 2.39. The van der Waals surface area contributed by atoms with E-state index in [9.17, 15) is 0 Å². The molecule has 0 amide bonds. The highest BCUT2D eigenvalue weighted by atomic mass is 32.2. The maximum Gasteiger partial charge on any atom is 0.0642 e. The molecule has 1 aromatic carbocycles. The number of hydrogen-bond acceptors (Lipinski definition) is 3. The van der Waals surface area contributed by atoms with Crippen molar-refractivity contribution in [2.45, 2.75) is 24.8 Å². The first kappa shape index (κ1) is 12.4. The second kappa shape index (κ2) is 6.75. The van der Waals surface area contributed by atoms with Gasteiger partial charge in [0.25, 0.3) is 0 Å². The minimum Gasteiger partial charge on any atom is -0.383 e. The second-order valence-corrected chi connectivity index (χ2v) is 4.45. The van der Waals surface area contributed by atoms with Crippen LogP contribution in [0.5, 0.6) is 0 Å². The van der Waals surface area contributed by atoms with E-state index >= 15 is 0 Å². The van der Waals surface area contributed by atoms with Gasteiger partial charge in [-0.25, -0.2) is 0 Å². The van der Waals surface area contributed by atoms with E-state index in [-0.39, 0.29) is 0 Å². The molecule has 0 saturated heterocycles. The third-order valence-corrected chi connectivity index (χ3v) is 2.72. The number of ether oxygens (including phenoxy) is 1. The second-order valence-electron chi connectivity index (χ2n) is 3.57. The summed E-state index contributed by atoms with van der Waals surface area (Å²) in [6, 6.07) is 8.44. The van der Waals surface area contributed by atoms with Crippen molar-refractivity contribution in [3.8, 4) is 0 Å². The predicted molar refractivity (Wildman–Crippen MR) is 67.8 cm³/mol. The predicted octanol–water partition coefficient (Wildman–Crippen LogP) is 3.25. The fraction of sp³-hybridized carbons (Fsp3) is 0.500. The largest absolute Gasteiger partial charge is 0.383 e. The molecule has 2 nitrogen and oxygen atoms in total. The number of rotatable bonds is 6. The topological polar surface area (TPSA) is 21.3 Å². The molecule has 0 aliphatic carbocycles. The van der Waals surface area contributed by atoms with Gasteiger partial charge in [0.15, 0.2) is 0 Å². The lowest BCUT2D eigenvalue weighted by atomic mass is 10.3. The normalized spacial score (nSPS) is 10.7. The Bertz CT molecular complexity index is 271. The van der Waals surface area contributed by atoms with E-state index in [1.54, 1.807) is 11.8 Å². The molecular weight excluding hydrogens is 206 g/mol. The molecule has 84 valence electrons. The molecule has 0 spiro atoms. The Morgan fingerprint density at radius 3 is 2.47 bits per heavy atom. The van der Waals surface area contributed by atoms with E-state index in [0.717, 1.165) is 18.8 Å². The van der Waals surface area contributed by atoms with Crippen LogP contribution in [-0.4, -0.2) is 25.5 Å². The Labute approximate surface area is 96.4 Å². The summed E-state index contributed by atoms with van der Waals surface area (Å²) in [5, 5.41) is 3.32. The average Bonchev–Trinajstić information content (AvgIpc) is 2.25. The number of hydrogen-bond donors (Lipinski definition) is 1. The lowest BCUT2D eigenvalue weighted by Crippen LogP contribution is -2.12. The van der Waals surface area contributed by atoms with Gasteiger partial charge in [-0.15, -0.1) is 11.8 Å². The molecule has 0 radical (unpaired) electrons. The molecule has 0 unspecified atom stereocenters. The highest BCUT2D eigenvalue weighted by Gasteiger charge is 1.94. The molecule has 0 heterocycles. The average molecular weight is 225 g/mol. The highest BCUT2D eigenvalue weighted by molar-refractivity contribution is 7.98. The first-order chi connectivity index (χ1) is 7.22. The first-order valence-electron chi connectivity index (χ1n) is 5.22. The van der Waals surface area contributed by atoms with Crippen LogP contribution in [0.25, 0.3) is 0 Å². The van der Waals surface area contributed by atoms with Gasteiger partial charge in [0.2, 0.25) is 0 Å². The van der Waals surface area contributed by atoms with Crippen LogP contribution in [0.1, 0.15) is 13.8 Å². The summed E-state index contributed by atoms with van der Waals surface area (Å²) in [7, 11) is 0. The van der Waals surface area contributed by atoms with Crippen molar-refractivity contribution >= 4 is 17.4 Å². The van der Waals surface area contributed by atoms with Crippen molar-refractivity contribution in [2.75, 3.05) is 24.7 Å². The van der Waals surface area contributed by atoms with Gasteiger partial charge in [-0.05, 0) is 44.4 Å². The molecule has 1 N–H and O–H groups in total. The van der Waals surface area contributed by atoms with Gasteiger partial charge in [-0.3, -0.25) is 0 Å².